The molecule has 2 aromatic rings. The number of hydrogen-bond acceptors (Lipinski definition) is 5. The molecule has 0 spiro atoms. The standard InChI is InChI=1S/C15H14F4N4O2S/c16-15(17,18)13-21-14(20)23(22-13)11-6-12(26(19,24)25)10(8-3-4-8)5-9(11)7-1-2-7/h5-8H,1-4H2,(H2,20,21,22). The number of nitrogens with zero attached hydrogens (tertiary/aromatic N) is 3. The lowest BCUT2D eigenvalue weighted by Crippen LogP contribution is -2.11. The summed E-state index contributed by atoms with van der Waals surface area (Å²) in [6.45, 7) is 0. The molecule has 2 aliphatic carbocycles. The molecule has 2 aliphatic rings. The highest BCUT2D eigenvalue weighted by Crippen LogP contribution is 2.49. The first-order valence-corrected chi connectivity index (χ1v) is 9.36. The maximum absolute atomic E-state index is 13.8. The molecule has 0 aliphatic heterocycles. The third-order valence-corrected chi connectivity index (χ3v) is 5.45. The molecule has 1 aromatic carbocycles. The van der Waals surface area contributed by atoms with Gasteiger partial charge >= 0.3 is 16.4 Å². The number of rotatable bonds is 4. The zero-order valence-corrected chi connectivity index (χ0v) is 14.1. The second-order valence-corrected chi connectivity index (χ2v) is 7.95. The lowest BCUT2D eigenvalue weighted by Gasteiger charge is -2.14. The van der Waals surface area contributed by atoms with Gasteiger partial charge in [0.1, 0.15) is 4.90 Å². The van der Waals surface area contributed by atoms with Crippen LogP contribution in [0.4, 0.5) is 23.0 Å². The molecule has 2 N–H and O–H groups in total. The van der Waals surface area contributed by atoms with Crippen LogP contribution in [0.25, 0.3) is 5.69 Å². The summed E-state index contributed by atoms with van der Waals surface area (Å²) in [5.74, 6) is -1.98. The van der Waals surface area contributed by atoms with Gasteiger partial charge in [-0.05, 0) is 54.7 Å². The fraction of sp³-hybridized carbons (Fsp3) is 0.467. The molecule has 6 nitrogen and oxygen atoms in total. The van der Waals surface area contributed by atoms with Crippen molar-refractivity contribution in [3.63, 3.8) is 0 Å². The number of benzene rings is 1. The minimum absolute atomic E-state index is 0.0219. The first-order valence-electron chi connectivity index (χ1n) is 7.98. The van der Waals surface area contributed by atoms with E-state index in [-0.39, 0.29) is 17.5 Å². The van der Waals surface area contributed by atoms with Crippen molar-refractivity contribution < 1.29 is 25.5 Å². The SMILES string of the molecule is Nc1nc(C(F)(F)F)nn1-c1cc(S(=O)(=O)F)c(C2CC2)cc1C1CC1. The Kier molecular flexibility index (Phi) is 3.59. The van der Waals surface area contributed by atoms with E-state index in [4.69, 9.17) is 5.73 Å². The fourth-order valence-corrected chi connectivity index (χ4v) is 3.81. The minimum Gasteiger partial charge on any atom is -0.368 e. The van der Waals surface area contributed by atoms with Gasteiger partial charge in [-0.3, -0.25) is 0 Å². The zero-order valence-electron chi connectivity index (χ0n) is 13.3. The largest absolute Gasteiger partial charge is 0.453 e. The third kappa shape index (κ3) is 3.04. The Morgan fingerprint density at radius 1 is 1.08 bits per heavy atom. The summed E-state index contributed by atoms with van der Waals surface area (Å²) in [6.07, 6.45) is -1.70. The summed E-state index contributed by atoms with van der Waals surface area (Å²) in [7, 11) is -5.05. The van der Waals surface area contributed by atoms with Crippen molar-refractivity contribution in [3.8, 4) is 5.69 Å². The highest BCUT2D eigenvalue weighted by atomic mass is 32.3. The molecular weight excluding hydrogens is 376 g/mol. The molecule has 1 heterocycles. The van der Waals surface area contributed by atoms with Crippen molar-refractivity contribution in [3.05, 3.63) is 29.1 Å². The average molecular weight is 390 g/mol. The van der Waals surface area contributed by atoms with E-state index in [1.165, 1.54) is 0 Å². The maximum atomic E-state index is 13.8. The Balaban J connectivity index is 1.95. The van der Waals surface area contributed by atoms with E-state index in [1.807, 2.05) is 0 Å². The van der Waals surface area contributed by atoms with Crippen LogP contribution in [0.2, 0.25) is 0 Å². The average Bonchev–Trinajstić information content (AvgIpc) is 3.42. The van der Waals surface area contributed by atoms with Gasteiger partial charge < -0.3 is 5.73 Å². The van der Waals surface area contributed by atoms with Gasteiger partial charge in [0.2, 0.25) is 5.95 Å². The van der Waals surface area contributed by atoms with Crippen LogP contribution in [0.5, 0.6) is 0 Å². The predicted octanol–water partition coefficient (Wildman–Crippen LogP) is 3.28. The van der Waals surface area contributed by atoms with Crippen molar-refractivity contribution in [2.75, 3.05) is 5.73 Å². The van der Waals surface area contributed by atoms with Crippen molar-refractivity contribution in [1.29, 1.82) is 0 Å². The smallest absolute Gasteiger partial charge is 0.368 e. The number of aromatic nitrogens is 3. The molecule has 1 aromatic heterocycles. The maximum Gasteiger partial charge on any atom is 0.453 e. The molecule has 2 fully saturated rings. The second kappa shape index (κ2) is 5.41. The van der Waals surface area contributed by atoms with Gasteiger partial charge in [0.25, 0.3) is 5.82 Å². The third-order valence-electron chi connectivity index (χ3n) is 4.57. The van der Waals surface area contributed by atoms with Crippen molar-refractivity contribution in [2.24, 2.45) is 0 Å². The molecule has 0 bridgehead atoms. The normalized spacial score (nSPS) is 18.3. The predicted molar refractivity (Wildman–Crippen MR) is 83.0 cm³/mol. The summed E-state index contributed by atoms with van der Waals surface area (Å²) in [5.41, 5.74) is 6.58. The topological polar surface area (TPSA) is 90.9 Å². The second-order valence-electron chi connectivity index (χ2n) is 6.64. The number of alkyl halides is 3. The van der Waals surface area contributed by atoms with Gasteiger partial charge in [0.15, 0.2) is 0 Å². The molecular formula is C15H14F4N4O2S. The number of hydrogen-bond donors (Lipinski definition) is 1. The molecule has 0 amide bonds. The summed E-state index contributed by atoms with van der Waals surface area (Å²) >= 11 is 0. The monoisotopic (exact) mass is 390 g/mol. The van der Waals surface area contributed by atoms with E-state index in [0.717, 1.165) is 36.4 Å². The number of anilines is 1. The van der Waals surface area contributed by atoms with Gasteiger partial charge in [-0.1, -0.05) is 6.07 Å². The molecule has 11 heteroatoms. The molecule has 2 saturated carbocycles. The Bertz CT molecular complexity index is 992. The molecule has 26 heavy (non-hydrogen) atoms. The zero-order chi connectivity index (χ0) is 18.9. The van der Waals surface area contributed by atoms with Crippen LogP contribution in [0.1, 0.15) is 54.5 Å². The molecule has 0 unspecified atom stereocenters. The van der Waals surface area contributed by atoms with Crippen LogP contribution in [-0.2, 0) is 16.4 Å². The van der Waals surface area contributed by atoms with Gasteiger partial charge in [-0.2, -0.15) is 31.3 Å². The summed E-state index contributed by atoms with van der Waals surface area (Å²) in [4.78, 5) is 2.66. The van der Waals surface area contributed by atoms with E-state index in [2.05, 4.69) is 10.1 Å². The van der Waals surface area contributed by atoms with E-state index in [0.29, 0.717) is 11.1 Å². The van der Waals surface area contributed by atoms with E-state index in [9.17, 15) is 25.5 Å². The van der Waals surface area contributed by atoms with Crippen molar-refractivity contribution in [2.45, 2.75) is 48.6 Å². The van der Waals surface area contributed by atoms with Crippen molar-refractivity contribution >= 4 is 16.2 Å². The molecule has 0 atom stereocenters. The van der Waals surface area contributed by atoms with Crippen LogP contribution < -0.4 is 5.73 Å². The van der Waals surface area contributed by atoms with Crippen LogP contribution in [-0.4, -0.2) is 23.2 Å². The minimum atomic E-state index is -5.05. The highest BCUT2D eigenvalue weighted by molar-refractivity contribution is 7.86. The molecule has 4 rings (SSSR count). The van der Waals surface area contributed by atoms with E-state index < -0.39 is 33.1 Å². The van der Waals surface area contributed by atoms with Crippen LogP contribution in [0.15, 0.2) is 17.0 Å². The van der Waals surface area contributed by atoms with E-state index >= 15 is 0 Å². The number of halogens is 4. The Morgan fingerprint density at radius 2 is 1.65 bits per heavy atom. The lowest BCUT2D eigenvalue weighted by molar-refractivity contribution is -0.144. The Labute approximate surface area is 146 Å². The van der Waals surface area contributed by atoms with Crippen LogP contribution >= 0.6 is 0 Å². The summed E-state index contributed by atoms with van der Waals surface area (Å²) in [6, 6.07) is 2.60. The summed E-state index contributed by atoms with van der Waals surface area (Å²) < 4.78 is 76.3. The first kappa shape index (κ1) is 17.3. The quantitative estimate of drug-likeness (QED) is 0.639. The lowest BCUT2D eigenvalue weighted by atomic mass is 10.0. The number of nitrogens with two attached hydrogens (primary N) is 1. The Morgan fingerprint density at radius 3 is 2.12 bits per heavy atom. The summed E-state index contributed by atoms with van der Waals surface area (Å²) in [5, 5.41) is 3.37. The fourth-order valence-electron chi connectivity index (χ4n) is 3.05. The molecule has 0 saturated heterocycles. The highest BCUT2D eigenvalue weighted by Gasteiger charge is 2.39. The van der Waals surface area contributed by atoms with Crippen LogP contribution in [0, 0.1) is 0 Å². The van der Waals surface area contributed by atoms with Crippen molar-refractivity contribution in [1.82, 2.24) is 14.8 Å². The molecule has 0 radical (unpaired) electrons. The van der Waals surface area contributed by atoms with Gasteiger partial charge in [0, 0.05) is 0 Å². The van der Waals surface area contributed by atoms with Gasteiger partial charge in [0.05, 0.1) is 5.69 Å². The van der Waals surface area contributed by atoms with Crippen LogP contribution in [0.3, 0.4) is 0 Å². The Hall–Kier alpha value is -2.17. The van der Waals surface area contributed by atoms with Gasteiger partial charge in [-0.15, -0.1) is 8.98 Å². The molecule has 140 valence electrons. The van der Waals surface area contributed by atoms with E-state index in [1.54, 1.807) is 6.07 Å². The first-order chi connectivity index (χ1) is 12.1. The number of nitrogen functional groups attached to an aromatic ring is 1. The van der Waals surface area contributed by atoms with Gasteiger partial charge in [-0.25, -0.2) is 0 Å².